The molecule has 8 heteroatoms. The largest absolute Gasteiger partial charge is 0.462 e. The molecule has 1 rings (SSSR count). The van der Waals surface area contributed by atoms with Gasteiger partial charge in [-0.1, -0.05) is 0 Å². The lowest BCUT2D eigenvalue weighted by Crippen LogP contribution is -2.40. The molecule has 0 fully saturated rings. The van der Waals surface area contributed by atoms with Gasteiger partial charge in [-0.3, -0.25) is 9.80 Å². The molecule has 1 aromatic rings. The predicted molar refractivity (Wildman–Crippen MR) is 110 cm³/mol. The summed E-state index contributed by atoms with van der Waals surface area (Å²) < 4.78 is 11.4. The van der Waals surface area contributed by atoms with E-state index in [1.54, 1.807) is 0 Å². The Morgan fingerprint density at radius 3 is 1.30 bits per heavy atom. The lowest BCUT2D eigenvalue weighted by atomic mass is 10.2. The highest BCUT2D eigenvalue weighted by Crippen LogP contribution is 2.14. The summed E-state index contributed by atoms with van der Waals surface area (Å²) in [5, 5.41) is 0.0733. The van der Waals surface area contributed by atoms with E-state index in [2.05, 4.69) is 80.1 Å². The van der Waals surface area contributed by atoms with E-state index in [1.807, 2.05) is 0 Å². The zero-order chi connectivity index (χ0) is 20.6. The molecule has 0 bridgehead atoms. The third kappa shape index (κ3) is 8.58. The molecule has 1 aromatic heterocycles. The molecule has 0 aliphatic rings. The van der Waals surface area contributed by atoms with E-state index in [-0.39, 0.29) is 17.3 Å². The predicted octanol–water partition coefficient (Wildman–Crippen LogP) is 3.52. The summed E-state index contributed by atoms with van der Waals surface area (Å²) in [6, 6.07) is 2.17. The van der Waals surface area contributed by atoms with Gasteiger partial charge in [0.25, 0.3) is 0 Å². The van der Waals surface area contributed by atoms with Gasteiger partial charge >= 0.3 is 12.0 Å². The van der Waals surface area contributed by atoms with Gasteiger partial charge in [-0.15, -0.1) is 4.98 Å². The average molecular weight is 402 g/mol. The highest BCUT2D eigenvalue weighted by molar-refractivity contribution is 6.28. The summed E-state index contributed by atoms with van der Waals surface area (Å²) in [7, 11) is 0. The zero-order valence-electron chi connectivity index (χ0n) is 18.1. The molecule has 0 N–H and O–H groups in total. The molecule has 0 aliphatic carbocycles. The molecule has 27 heavy (non-hydrogen) atoms. The summed E-state index contributed by atoms with van der Waals surface area (Å²) in [6.07, 6.45) is 0. The molecule has 1 heterocycles. The van der Waals surface area contributed by atoms with Crippen LogP contribution in [0.15, 0.2) is 0 Å². The van der Waals surface area contributed by atoms with Crippen LogP contribution in [0.2, 0.25) is 5.28 Å². The van der Waals surface area contributed by atoms with Crippen molar-refractivity contribution in [2.75, 3.05) is 26.3 Å². The van der Waals surface area contributed by atoms with Crippen molar-refractivity contribution in [3.8, 4) is 12.0 Å². The molecular weight excluding hydrogens is 366 g/mol. The van der Waals surface area contributed by atoms with Gasteiger partial charge in [0.2, 0.25) is 5.28 Å². The fourth-order valence-electron chi connectivity index (χ4n) is 3.15. The number of aromatic nitrogens is 3. The van der Waals surface area contributed by atoms with E-state index in [4.69, 9.17) is 21.1 Å². The maximum atomic E-state index is 5.99. The summed E-state index contributed by atoms with van der Waals surface area (Å²) in [6.45, 7) is 19.9. The minimum absolute atomic E-state index is 0.0733. The number of hydrogen-bond donors (Lipinski definition) is 0. The van der Waals surface area contributed by atoms with Crippen LogP contribution < -0.4 is 9.47 Å². The van der Waals surface area contributed by atoms with Gasteiger partial charge in [0, 0.05) is 37.3 Å². The van der Waals surface area contributed by atoms with Crippen molar-refractivity contribution < 1.29 is 9.47 Å². The van der Waals surface area contributed by atoms with E-state index >= 15 is 0 Å². The molecular formula is C19H36ClN5O2. The Kier molecular flexibility index (Phi) is 10.3. The second-order valence-corrected chi connectivity index (χ2v) is 8.06. The maximum absolute atomic E-state index is 5.99. The van der Waals surface area contributed by atoms with Crippen molar-refractivity contribution in [3.05, 3.63) is 5.28 Å². The van der Waals surface area contributed by atoms with Crippen molar-refractivity contribution in [2.24, 2.45) is 0 Å². The lowest BCUT2D eigenvalue weighted by Gasteiger charge is -2.30. The highest BCUT2D eigenvalue weighted by Gasteiger charge is 2.15. The van der Waals surface area contributed by atoms with Gasteiger partial charge in [0.1, 0.15) is 13.2 Å². The van der Waals surface area contributed by atoms with Crippen molar-refractivity contribution in [2.45, 2.75) is 79.6 Å². The Morgan fingerprint density at radius 2 is 1.00 bits per heavy atom. The van der Waals surface area contributed by atoms with E-state index in [9.17, 15) is 0 Å². The van der Waals surface area contributed by atoms with Gasteiger partial charge in [-0.2, -0.15) is 9.97 Å². The molecule has 0 saturated heterocycles. The summed E-state index contributed by atoms with van der Waals surface area (Å²) >= 11 is 5.99. The third-order valence-electron chi connectivity index (χ3n) is 4.38. The molecule has 0 radical (unpaired) electrons. The summed E-state index contributed by atoms with van der Waals surface area (Å²) in [5.74, 6) is 0. The van der Waals surface area contributed by atoms with E-state index < -0.39 is 0 Å². The standard InChI is InChI=1S/C19H36ClN5O2/c1-13(2)24(14(3)4)9-11-26-18-21-17(20)22-19(23-18)27-12-10-25(15(5)6)16(7)8/h13-16H,9-12H2,1-8H3. The van der Waals surface area contributed by atoms with Crippen LogP contribution in [0.25, 0.3) is 0 Å². The molecule has 0 saturated carbocycles. The van der Waals surface area contributed by atoms with Crippen LogP contribution in [-0.2, 0) is 0 Å². The molecule has 0 amide bonds. The Bertz CT molecular complexity index is 495. The first-order valence-electron chi connectivity index (χ1n) is 9.80. The van der Waals surface area contributed by atoms with Crippen molar-refractivity contribution >= 4 is 11.6 Å². The summed E-state index contributed by atoms with van der Waals surface area (Å²) in [5.41, 5.74) is 0. The highest BCUT2D eigenvalue weighted by atomic mass is 35.5. The lowest BCUT2D eigenvalue weighted by molar-refractivity contribution is 0.131. The Balaban J connectivity index is 2.59. The first-order valence-corrected chi connectivity index (χ1v) is 10.2. The Labute approximate surface area is 169 Å². The van der Waals surface area contributed by atoms with Crippen LogP contribution in [0.3, 0.4) is 0 Å². The zero-order valence-corrected chi connectivity index (χ0v) is 18.8. The molecule has 0 spiro atoms. The van der Waals surface area contributed by atoms with Gasteiger partial charge in [-0.25, -0.2) is 0 Å². The SMILES string of the molecule is CC(C)N(CCOc1nc(Cl)nc(OCCN(C(C)C)C(C)C)n1)C(C)C. The molecule has 7 nitrogen and oxygen atoms in total. The van der Waals surface area contributed by atoms with Crippen LogP contribution >= 0.6 is 11.6 Å². The maximum Gasteiger partial charge on any atom is 0.323 e. The van der Waals surface area contributed by atoms with Crippen LogP contribution in [0, 0.1) is 0 Å². The average Bonchev–Trinajstić information content (AvgIpc) is 2.53. The van der Waals surface area contributed by atoms with Crippen molar-refractivity contribution in [1.29, 1.82) is 0 Å². The molecule has 0 unspecified atom stereocenters. The number of hydrogen-bond acceptors (Lipinski definition) is 7. The van der Waals surface area contributed by atoms with Gasteiger partial charge in [-0.05, 0) is 67.0 Å². The van der Waals surface area contributed by atoms with Crippen LogP contribution in [0.4, 0.5) is 0 Å². The fraction of sp³-hybridized carbons (Fsp3) is 0.842. The minimum atomic E-state index is 0.0733. The Hall–Kier alpha value is -1.18. The van der Waals surface area contributed by atoms with Gasteiger partial charge < -0.3 is 9.47 Å². The molecule has 0 atom stereocenters. The quantitative estimate of drug-likeness (QED) is 0.530. The third-order valence-corrected chi connectivity index (χ3v) is 4.55. The number of halogens is 1. The number of nitrogens with zero attached hydrogens (tertiary/aromatic N) is 5. The van der Waals surface area contributed by atoms with Gasteiger partial charge in [0.05, 0.1) is 0 Å². The first-order chi connectivity index (χ1) is 12.6. The van der Waals surface area contributed by atoms with Crippen LogP contribution in [0.1, 0.15) is 55.4 Å². The Morgan fingerprint density at radius 1 is 0.667 bits per heavy atom. The van der Waals surface area contributed by atoms with Crippen molar-refractivity contribution in [1.82, 2.24) is 24.8 Å². The first kappa shape index (κ1) is 23.9. The molecule has 0 aliphatic heterocycles. The molecule has 156 valence electrons. The van der Waals surface area contributed by atoms with E-state index in [1.165, 1.54) is 0 Å². The minimum Gasteiger partial charge on any atom is -0.462 e. The smallest absolute Gasteiger partial charge is 0.323 e. The second kappa shape index (κ2) is 11.6. The monoisotopic (exact) mass is 401 g/mol. The fourth-order valence-corrected chi connectivity index (χ4v) is 3.30. The normalized spacial score (nSPS) is 12.3. The topological polar surface area (TPSA) is 63.6 Å². The van der Waals surface area contributed by atoms with Crippen LogP contribution in [0.5, 0.6) is 12.0 Å². The van der Waals surface area contributed by atoms with Crippen LogP contribution in [-0.4, -0.2) is 75.2 Å². The number of rotatable bonds is 12. The van der Waals surface area contributed by atoms with Crippen molar-refractivity contribution in [3.63, 3.8) is 0 Å². The molecule has 0 aromatic carbocycles. The van der Waals surface area contributed by atoms with Gasteiger partial charge in [0.15, 0.2) is 0 Å². The number of ether oxygens (including phenoxy) is 2. The van der Waals surface area contributed by atoms with E-state index in [0.717, 1.165) is 13.1 Å². The summed E-state index contributed by atoms with van der Waals surface area (Å²) in [4.78, 5) is 17.0. The second-order valence-electron chi connectivity index (χ2n) is 7.72. The van der Waals surface area contributed by atoms with E-state index in [0.29, 0.717) is 37.4 Å².